The summed E-state index contributed by atoms with van der Waals surface area (Å²) in [5.74, 6) is 0. The first-order valence-electron chi connectivity index (χ1n) is 7.26. The van der Waals surface area contributed by atoms with Crippen molar-refractivity contribution in [2.45, 2.75) is 13.5 Å². The van der Waals surface area contributed by atoms with Crippen LogP contribution >= 0.6 is 0 Å². The second kappa shape index (κ2) is 7.35. The molecule has 1 aromatic carbocycles. The monoisotopic (exact) mass is 312 g/mol. The van der Waals surface area contributed by atoms with Crippen LogP contribution in [0.3, 0.4) is 0 Å². The molecule has 1 heterocycles. The van der Waals surface area contributed by atoms with Crippen LogP contribution < -0.4 is 0 Å². The van der Waals surface area contributed by atoms with Gasteiger partial charge in [-0.1, -0.05) is 29.8 Å². The lowest BCUT2D eigenvalue weighted by Gasteiger charge is -2.29. The topological polar surface area (TPSA) is 49.9 Å². The summed E-state index contributed by atoms with van der Waals surface area (Å²) in [5.41, 5.74) is 2.18. The third-order valence-electron chi connectivity index (χ3n) is 3.68. The Labute approximate surface area is 127 Å². The van der Waals surface area contributed by atoms with Crippen LogP contribution in [0.1, 0.15) is 11.1 Å². The molecule has 0 aliphatic carbocycles. The SMILES string of the molecule is Cc1cccc(CN(CCN2CCOCC2)S(C)(=O)=O)c1. The number of sulfonamides is 1. The number of hydrogen-bond acceptors (Lipinski definition) is 4. The predicted octanol–water partition coefficient (Wildman–Crippen LogP) is 1.09. The molecule has 1 aliphatic rings. The fourth-order valence-corrected chi connectivity index (χ4v) is 3.25. The van der Waals surface area contributed by atoms with Crippen molar-refractivity contribution in [2.24, 2.45) is 0 Å². The largest absolute Gasteiger partial charge is 0.379 e. The average molecular weight is 312 g/mol. The van der Waals surface area contributed by atoms with E-state index in [-0.39, 0.29) is 0 Å². The highest BCUT2D eigenvalue weighted by atomic mass is 32.2. The van der Waals surface area contributed by atoms with E-state index < -0.39 is 10.0 Å². The molecule has 0 unspecified atom stereocenters. The molecule has 0 radical (unpaired) electrons. The first-order chi connectivity index (χ1) is 9.95. The van der Waals surface area contributed by atoms with E-state index in [1.807, 2.05) is 31.2 Å². The van der Waals surface area contributed by atoms with Gasteiger partial charge in [0.15, 0.2) is 0 Å². The van der Waals surface area contributed by atoms with Gasteiger partial charge in [-0.3, -0.25) is 4.90 Å². The molecule has 118 valence electrons. The van der Waals surface area contributed by atoms with E-state index in [0.717, 1.165) is 44.0 Å². The zero-order chi connectivity index (χ0) is 15.3. The van der Waals surface area contributed by atoms with Gasteiger partial charge in [0.2, 0.25) is 10.0 Å². The Morgan fingerprint density at radius 1 is 1.29 bits per heavy atom. The van der Waals surface area contributed by atoms with Gasteiger partial charge in [0.1, 0.15) is 0 Å². The fourth-order valence-electron chi connectivity index (χ4n) is 2.45. The van der Waals surface area contributed by atoms with Crippen LogP contribution in [0.5, 0.6) is 0 Å². The third kappa shape index (κ3) is 5.39. The quantitative estimate of drug-likeness (QED) is 0.789. The third-order valence-corrected chi connectivity index (χ3v) is 4.93. The van der Waals surface area contributed by atoms with Crippen LogP contribution in [0.25, 0.3) is 0 Å². The van der Waals surface area contributed by atoms with Crippen molar-refractivity contribution in [3.63, 3.8) is 0 Å². The summed E-state index contributed by atoms with van der Waals surface area (Å²) in [6.45, 7) is 6.94. The second-order valence-corrected chi connectivity index (χ2v) is 7.52. The van der Waals surface area contributed by atoms with E-state index in [0.29, 0.717) is 13.1 Å². The van der Waals surface area contributed by atoms with Gasteiger partial charge >= 0.3 is 0 Å². The maximum Gasteiger partial charge on any atom is 0.211 e. The van der Waals surface area contributed by atoms with E-state index >= 15 is 0 Å². The molecular formula is C15H24N2O3S. The van der Waals surface area contributed by atoms with Crippen LogP contribution in [0.2, 0.25) is 0 Å². The smallest absolute Gasteiger partial charge is 0.211 e. The summed E-state index contributed by atoms with van der Waals surface area (Å²) in [5, 5.41) is 0. The standard InChI is InChI=1S/C15H24N2O3S/c1-14-4-3-5-15(12-14)13-17(21(2,18)19)7-6-16-8-10-20-11-9-16/h3-5,12H,6-11,13H2,1-2H3. The number of ether oxygens (including phenoxy) is 1. The summed E-state index contributed by atoms with van der Waals surface area (Å²) < 4.78 is 30.8. The number of benzene rings is 1. The minimum Gasteiger partial charge on any atom is -0.379 e. The zero-order valence-electron chi connectivity index (χ0n) is 12.8. The molecule has 0 bridgehead atoms. The zero-order valence-corrected chi connectivity index (χ0v) is 13.6. The van der Waals surface area contributed by atoms with Gasteiger partial charge in [0.05, 0.1) is 19.5 Å². The summed E-state index contributed by atoms with van der Waals surface area (Å²) in [7, 11) is -3.20. The van der Waals surface area contributed by atoms with Gasteiger partial charge in [-0.2, -0.15) is 4.31 Å². The Hall–Kier alpha value is -0.950. The molecule has 0 aromatic heterocycles. The van der Waals surface area contributed by atoms with Crippen molar-refractivity contribution in [3.05, 3.63) is 35.4 Å². The van der Waals surface area contributed by atoms with Crippen molar-refractivity contribution in [3.8, 4) is 0 Å². The summed E-state index contributed by atoms with van der Waals surface area (Å²) in [6.07, 6.45) is 1.28. The lowest BCUT2D eigenvalue weighted by atomic mass is 10.1. The molecule has 5 nitrogen and oxygen atoms in total. The van der Waals surface area contributed by atoms with Gasteiger partial charge in [-0.25, -0.2) is 8.42 Å². The van der Waals surface area contributed by atoms with Gasteiger partial charge in [0.25, 0.3) is 0 Å². The molecule has 0 saturated carbocycles. The Balaban J connectivity index is 1.98. The van der Waals surface area contributed by atoms with Crippen LogP contribution in [0.15, 0.2) is 24.3 Å². The van der Waals surface area contributed by atoms with E-state index in [4.69, 9.17) is 4.74 Å². The van der Waals surface area contributed by atoms with Gasteiger partial charge < -0.3 is 4.74 Å². The van der Waals surface area contributed by atoms with Gasteiger partial charge in [-0.15, -0.1) is 0 Å². The van der Waals surface area contributed by atoms with E-state index in [2.05, 4.69) is 4.90 Å². The highest BCUT2D eigenvalue weighted by Gasteiger charge is 2.19. The Bertz CT molecular complexity index is 554. The molecule has 1 fully saturated rings. The molecule has 0 N–H and O–H groups in total. The van der Waals surface area contributed by atoms with Crippen molar-refractivity contribution in [2.75, 3.05) is 45.6 Å². The van der Waals surface area contributed by atoms with Crippen molar-refractivity contribution in [1.29, 1.82) is 0 Å². The van der Waals surface area contributed by atoms with E-state index in [1.165, 1.54) is 6.26 Å². The average Bonchev–Trinajstić information content (AvgIpc) is 2.43. The van der Waals surface area contributed by atoms with Gasteiger partial charge in [-0.05, 0) is 12.5 Å². The number of nitrogens with zero attached hydrogens (tertiary/aromatic N) is 2. The first-order valence-corrected chi connectivity index (χ1v) is 9.11. The number of rotatable bonds is 6. The maximum absolute atomic E-state index is 12.0. The van der Waals surface area contributed by atoms with Crippen LogP contribution in [-0.2, 0) is 21.3 Å². The normalized spacial score (nSPS) is 17.3. The number of aryl methyl sites for hydroxylation is 1. The van der Waals surface area contributed by atoms with E-state index in [9.17, 15) is 8.42 Å². The molecule has 21 heavy (non-hydrogen) atoms. The minimum absolute atomic E-state index is 0.435. The lowest BCUT2D eigenvalue weighted by molar-refractivity contribution is 0.0361. The first kappa shape index (κ1) is 16.4. The summed E-state index contributed by atoms with van der Waals surface area (Å²) >= 11 is 0. The molecular weight excluding hydrogens is 288 g/mol. The van der Waals surface area contributed by atoms with Crippen LogP contribution in [0, 0.1) is 6.92 Å². The summed E-state index contributed by atoms with van der Waals surface area (Å²) in [4.78, 5) is 2.25. The Morgan fingerprint density at radius 2 is 2.00 bits per heavy atom. The van der Waals surface area contributed by atoms with Crippen molar-refractivity contribution < 1.29 is 13.2 Å². The summed E-state index contributed by atoms with van der Waals surface area (Å²) in [6, 6.07) is 7.99. The van der Waals surface area contributed by atoms with Crippen molar-refractivity contribution in [1.82, 2.24) is 9.21 Å². The molecule has 1 aliphatic heterocycles. The number of hydrogen-bond donors (Lipinski definition) is 0. The molecule has 0 amide bonds. The fraction of sp³-hybridized carbons (Fsp3) is 0.600. The molecule has 0 atom stereocenters. The van der Waals surface area contributed by atoms with E-state index in [1.54, 1.807) is 4.31 Å². The Kier molecular flexibility index (Phi) is 5.75. The molecule has 2 rings (SSSR count). The highest BCUT2D eigenvalue weighted by Crippen LogP contribution is 2.11. The number of morpholine rings is 1. The molecule has 1 saturated heterocycles. The molecule has 0 spiro atoms. The minimum atomic E-state index is -3.20. The van der Waals surface area contributed by atoms with Crippen LogP contribution in [-0.4, -0.2) is 63.3 Å². The second-order valence-electron chi connectivity index (χ2n) is 5.54. The maximum atomic E-state index is 12.0. The highest BCUT2D eigenvalue weighted by molar-refractivity contribution is 7.88. The Morgan fingerprint density at radius 3 is 2.62 bits per heavy atom. The molecule has 1 aromatic rings. The van der Waals surface area contributed by atoms with Crippen molar-refractivity contribution >= 4 is 10.0 Å². The molecule has 6 heteroatoms. The predicted molar refractivity (Wildman–Crippen MR) is 83.7 cm³/mol. The van der Waals surface area contributed by atoms with Crippen LogP contribution in [0.4, 0.5) is 0 Å². The van der Waals surface area contributed by atoms with Gasteiger partial charge in [0, 0.05) is 32.7 Å². The lowest BCUT2D eigenvalue weighted by Crippen LogP contribution is -2.42.